The van der Waals surface area contributed by atoms with Gasteiger partial charge in [-0.25, -0.2) is 4.98 Å². The highest BCUT2D eigenvalue weighted by Gasteiger charge is 2.46. The molecule has 1 saturated carbocycles. The monoisotopic (exact) mass is 310 g/mol. The summed E-state index contributed by atoms with van der Waals surface area (Å²) < 4.78 is 5.84. The molecule has 3 nitrogen and oxygen atoms in total. The molecule has 0 bridgehead atoms. The zero-order chi connectivity index (χ0) is 15.9. The molecule has 23 heavy (non-hydrogen) atoms. The third-order valence-electron chi connectivity index (χ3n) is 5.90. The van der Waals surface area contributed by atoms with Gasteiger partial charge in [0, 0.05) is 31.0 Å². The summed E-state index contributed by atoms with van der Waals surface area (Å²) in [6.45, 7) is 4.40. The second-order valence-electron chi connectivity index (χ2n) is 7.33. The average molecular weight is 310 g/mol. The van der Waals surface area contributed by atoms with Crippen molar-refractivity contribution >= 4 is 16.7 Å². The van der Waals surface area contributed by atoms with E-state index in [2.05, 4.69) is 42.2 Å². The number of aryl methyl sites for hydroxylation is 1. The Kier molecular flexibility index (Phi) is 3.76. The molecule has 0 amide bonds. The normalized spacial score (nSPS) is 27.9. The zero-order valence-corrected chi connectivity index (χ0v) is 14.2. The Morgan fingerprint density at radius 3 is 2.91 bits per heavy atom. The molecule has 1 aromatic heterocycles. The molecule has 0 radical (unpaired) electrons. The van der Waals surface area contributed by atoms with Crippen molar-refractivity contribution in [1.82, 2.24) is 4.98 Å². The van der Waals surface area contributed by atoms with Gasteiger partial charge in [0.05, 0.1) is 11.6 Å². The maximum Gasteiger partial charge on any atom is 0.132 e. The first-order valence-electron chi connectivity index (χ1n) is 8.86. The fourth-order valence-corrected chi connectivity index (χ4v) is 4.81. The van der Waals surface area contributed by atoms with Gasteiger partial charge in [0.15, 0.2) is 0 Å². The van der Waals surface area contributed by atoms with E-state index in [1.54, 1.807) is 0 Å². The zero-order valence-electron chi connectivity index (χ0n) is 14.2. The largest absolute Gasteiger partial charge is 0.381 e. The molecule has 0 unspecified atom stereocenters. The van der Waals surface area contributed by atoms with Crippen LogP contribution in [0.25, 0.3) is 10.9 Å². The van der Waals surface area contributed by atoms with Crippen molar-refractivity contribution in [2.24, 2.45) is 5.41 Å². The lowest BCUT2D eigenvalue weighted by atomic mass is 9.76. The maximum absolute atomic E-state index is 5.84. The van der Waals surface area contributed by atoms with Crippen molar-refractivity contribution in [1.29, 1.82) is 0 Å². The molecule has 0 N–H and O–H groups in total. The fraction of sp³-hybridized carbons (Fsp3) is 0.550. The number of pyridine rings is 1. The van der Waals surface area contributed by atoms with E-state index in [9.17, 15) is 0 Å². The van der Waals surface area contributed by atoms with Gasteiger partial charge in [-0.1, -0.05) is 24.6 Å². The third-order valence-corrected chi connectivity index (χ3v) is 5.90. The number of piperidine rings is 1. The fourth-order valence-electron chi connectivity index (χ4n) is 4.81. The Labute approximate surface area is 138 Å². The summed E-state index contributed by atoms with van der Waals surface area (Å²) in [5.41, 5.74) is 2.72. The van der Waals surface area contributed by atoms with Gasteiger partial charge in [0.2, 0.25) is 0 Å². The summed E-state index contributed by atoms with van der Waals surface area (Å²) in [5, 5.41) is 1.23. The van der Waals surface area contributed by atoms with Gasteiger partial charge in [0.1, 0.15) is 5.82 Å². The van der Waals surface area contributed by atoms with Crippen LogP contribution in [0, 0.1) is 12.3 Å². The minimum Gasteiger partial charge on any atom is -0.381 e. The van der Waals surface area contributed by atoms with E-state index in [0.717, 1.165) is 18.6 Å². The molecule has 2 heterocycles. The summed E-state index contributed by atoms with van der Waals surface area (Å²) in [4.78, 5) is 7.51. The minimum absolute atomic E-state index is 0.340. The predicted molar refractivity (Wildman–Crippen MR) is 95.0 cm³/mol. The van der Waals surface area contributed by atoms with Crippen molar-refractivity contribution in [2.75, 3.05) is 25.1 Å². The van der Waals surface area contributed by atoms with Gasteiger partial charge >= 0.3 is 0 Å². The van der Waals surface area contributed by atoms with E-state index in [1.807, 2.05) is 7.11 Å². The van der Waals surface area contributed by atoms with Crippen molar-refractivity contribution in [3.05, 3.63) is 35.9 Å². The van der Waals surface area contributed by atoms with Crippen LogP contribution in [0.2, 0.25) is 0 Å². The number of fused-ring (bicyclic) bond motifs is 1. The first-order valence-corrected chi connectivity index (χ1v) is 8.86. The van der Waals surface area contributed by atoms with Crippen molar-refractivity contribution < 1.29 is 4.74 Å². The lowest BCUT2D eigenvalue weighted by Crippen LogP contribution is -2.48. The van der Waals surface area contributed by atoms with E-state index < -0.39 is 0 Å². The smallest absolute Gasteiger partial charge is 0.132 e. The molecule has 2 aliphatic rings. The summed E-state index contributed by atoms with van der Waals surface area (Å²) in [5.74, 6) is 1.17. The Morgan fingerprint density at radius 1 is 1.22 bits per heavy atom. The van der Waals surface area contributed by atoms with Crippen molar-refractivity contribution in [3.63, 3.8) is 0 Å². The summed E-state index contributed by atoms with van der Waals surface area (Å²) in [6.07, 6.45) is 6.79. The Bertz CT molecular complexity index is 714. The van der Waals surface area contributed by atoms with Gasteiger partial charge in [0.25, 0.3) is 0 Å². The molecule has 1 spiro atoms. The van der Waals surface area contributed by atoms with Crippen LogP contribution in [0.5, 0.6) is 0 Å². The summed E-state index contributed by atoms with van der Waals surface area (Å²) in [7, 11) is 1.89. The molecule has 2 aromatic rings. The molecule has 122 valence electrons. The van der Waals surface area contributed by atoms with Crippen LogP contribution in [0.1, 0.15) is 37.7 Å². The van der Waals surface area contributed by atoms with Crippen molar-refractivity contribution in [2.45, 2.75) is 45.1 Å². The Morgan fingerprint density at radius 2 is 2.04 bits per heavy atom. The average Bonchev–Trinajstić information content (AvgIpc) is 2.96. The number of anilines is 1. The first-order chi connectivity index (χ1) is 11.2. The number of nitrogens with zero attached hydrogens (tertiary/aromatic N) is 2. The van der Waals surface area contributed by atoms with E-state index in [4.69, 9.17) is 9.72 Å². The molecule has 1 aromatic carbocycles. The van der Waals surface area contributed by atoms with Crippen LogP contribution in [-0.4, -0.2) is 31.3 Å². The number of methoxy groups -OCH3 is 1. The van der Waals surface area contributed by atoms with Crippen LogP contribution < -0.4 is 4.90 Å². The molecule has 1 aliphatic heterocycles. The molecule has 2 atom stereocenters. The molecule has 1 saturated heterocycles. The lowest BCUT2D eigenvalue weighted by Gasteiger charge is -2.44. The van der Waals surface area contributed by atoms with Gasteiger partial charge in [-0.3, -0.25) is 0 Å². The van der Waals surface area contributed by atoms with E-state index in [0.29, 0.717) is 11.5 Å². The predicted octanol–water partition coefficient (Wildman–Crippen LogP) is 4.33. The molecular formula is C20H26N2O. The first kappa shape index (κ1) is 14.9. The topological polar surface area (TPSA) is 25.4 Å². The summed E-state index contributed by atoms with van der Waals surface area (Å²) in [6, 6.07) is 10.7. The van der Waals surface area contributed by atoms with Crippen LogP contribution in [0.15, 0.2) is 30.3 Å². The van der Waals surface area contributed by atoms with E-state index in [-0.39, 0.29) is 0 Å². The van der Waals surface area contributed by atoms with E-state index >= 15 is 0 Å². The van der Waals surface area contributed by atoms with E-state index in [1.165, 1.54) is 48.9 Å². The molecule has 3 heteroatoms. The van der Waals surface area contributed by atoms with Gasteiger partial charge in [-0.05, 0) is 50.3 Å². The highest BCUT2D eigenvalue weighted by Crippen LogP contribution is 2.47. The van der Waals surface area contributed by atoms with Crippen LogP contribution >= 0.6 is 0 Å². The number of para-hydroxylation sites is 1. The molecule has 4 rings (SSSR count). The van der Waals surface area contributed by atoms with Crippen LogP contribution in [-0.2, 0) is 4.74 Å². The van der Waals surface area contributed by atoms with Gasteiger partial charge < -0.3 is 9.64 Å². The molecule has 1 aliphatic carbocycles. The second kappa shape index (κ2) is 5.79. The number of rotatable bonds is 2. The van der Waals surface area contributed by atoms with Gasteiger partial charge in [-0.15, -0.1) is 0 Å². The number of hydrogen-bond donors (Lipinski definition) is 0. The number of aromatic nitrogens is 1. The van der Waals surface area contributed by atoms with Crippen LogP contribution in [0.3, 0.4) is 0 Å². The second-order valence-corrected chi connectivity index (χ2v) is 7.33. The molecular weight excluding hydrogens is 284 g/mol. The number of benzene rings is 1. The van der Waals surface area contributed by atoms with Crippen LogP contribution in [0.4, 0.5) is 5.82 Å². The molecule has 2 fully saturated rings. The maximum atomic E-state index is 5.84. The number of ether oxygens (including phenoxy) is 1. The highest BCUT2D eigenvalue weighted by molar-refractivity contribution is 5.81. The van der Waals surface area contributed by atoms with Crippen molar-refractivity contribution in [3.8, 4) is 0 Å². The SMILES string of the molecule is CO[C@@H]1CCC[C@@]12CCCN(c1nc3ccccc3cc1C)C2. The lowest BCUT2D eigenvalue weighted by molar-refractivity contribution is 0.00215. The third kappa shape index (κ3) is 2.51. The highest BCUT2D eigenvalue weighted by atomic mass is 16.5. The minimum atomic E-state index is 0.340. The standard InChI is InChI=1S/C20H26N2O/c1-15-13-16-7-3-4-8-17(16)21-19(15)22-12-6-11-20(14-22)10-5-9-18(20)23-2/h3-4,7-8,13,18H,5-6,9-12,14H2,1-2H3/t18-,20+/m1/s1. The Balaban J connectivity index is 1.69. The van der Waals surface area contributed by atoms with Gasteiger partial charge in [-0.2, -0.15) is 0 Å². The summed E-state index contributed by atoms with van der Waals surface area (Å²) >= 11 is 0. The number of hydrogen-bond acceptors (Lipinski definition) is 3. The Hall–Kier alpha value is -1.61. The quantitative estimate of drug-likeness (QED) is 0.825.